The number of benzene rings is 3. The molecule has 12 heteroatoms. The van der Waals surface area contributed by atoms with Crippen molar-refractivity contribution in [2.75, 3.05) is 30.8 Å². The summed E-state index contributed by atoms with van der Waals surface area (Å²) >= 11 is 0. The first-order valence-corrected chi connectivity index (χ1v) is 16.1. The quantitative estimate of drug-likeness (QED) is 0.240. The molecule has 0 atom stereocenters. The van der Waals surface area contributed by atoms with Crippen molar-refractivity contribution in [1.82, 2.24) is 23.7 Å². The van der Waals surface area contributed by atoms with Crippen LogP contribution in [0.15, 0.2) is 72.8 Å². The van der Waals surface area contributed by atoms with Crippen molar-refractivity contribution in [2.24, 2.45) is 0 Å². The Balaban J connectivity index is 1.34. The highest BCUT2D eigenvalue weighted by Crippen LogP contribution is 2.28. The molecular weight excluding hydrogens is 578 g/mol. The smallest absolute Gasteiger partial charge is 0.323 e. The van der Waals surface area contributed by atoms with Crippen LogP contribution in [0.25, 0.3) is 16.5 Å². The van der Waals surface area contributed by atoms with Gasteiger partial charge in [0.2, 0.25) is 0 Å². The fraction of sp³-hybridized carbons (Fsp3) is 0.344. The molecule has 232 valence electrons. The molecule has 3 aromatic carbocycles. The number of carbonyl (C=O) groups is 2. The van der Waals surface area contributed by atoms with Crippen molar-refractivity contribution in [3.8, 4) is 5.69 Å². The summed E-state index contributed by atoms with van der Waals surface area (Å²) < 4.78 is 30.6. The van der Waals surface area contributed by atoms with Gasteiger partial charge in [0, 0.05) is 43.5 Å². The molecule has 1 aliphatic rings. The maximum absolute atomic E-state index is 13.2. The zero-order valence-electron chi connectivity index (χ0n) is 25.5. The van der Waals surface area contributed by atoms with Crippen molar-refractivity contribution in [1.29, 1.82) is 0 Å². The minimum absolute atomic E-state index is 0.160. The summed E-state index contributed by atoms with van der Waals surface area (Å²) in [6.07, 6.45) is 2.54. The lowest BCUT2D eigenvalue weighted by Gasteiger charge is -2.27. The number of nitrogens with one attached hydrogen (secondary N) is 3. The molecule has 4 aromatic rings. The third-order valence-corrected chi connectivity index (χ3v) is 9.03. The van der Waals surface area contributed by atoms with Gasteiger partial charge in [0.1, 0.15) is 5.82 Å². The zero-order valence-corrected chi connectivity index (χ0v) is 26.3. The van der Waals surface area contributed by atoms with Crippen molar-refractivity contribution >= 4 is 44.5 Å². The van der Waals surface area contributed by atoms with E-state index in [9.17, 15) is 18.0 Å². The van der Waals surface area contributed by atoms with Crippen LogP contribution in [0.3, 0.4) is 0 Å². The minimum Gasteiger partial charge on any atom is -0.323 e. The van der Waals surface area contributed by atoms with Crippen molar-refractivity contribution in [2.45, 2.75) is 52.0 Å². The van der Waals surface area contributed by atoms with E-state index in [2.05, 4.69) is 15.4 Å². The van der Waals surface area contributed by atoms with Crippen molar-refractivity contribution < 1.29 is 18.0 Å². The van der Waals surface area contributed by atoms with E-state index >= 15 is 0 Å². The molecule has 1 aromatic heterocycles. The molecule has 11 nitrogen and oxygen atoms in total. The highest BCUT2D eigenvalue weighted by molar-refractivity contribution is 7.87. The molecule has 1 saturated heterocycles. The number of nitrogens with zero attached hydrogens (tertiary/aromatic N) is 4. The van der Waals surface area contributed by atoms with Gasteiger partial charge < -0.3 is 10.2 Å². The Labute approximate surface area is 258 Å². The lowest BCUT2D eigenvalue weighted by atomic mass is 9.92. The molecule has 0 radical (unpaired) electrons. The van der Waals surface area contributed by atoms with E-state index < -0.39 is 22.3 Å². The topological polar surface area (TPSA) is 129 Å². The highest BCUT2D eigenvalue weighted by atomic mass is 32.2. The second kappa shape index (κ2) is 12.7. The van der Waals surface area contributed by atoms with Crippen LogP contribution in [0.5, 0.6) is 0 Å². The third-order valence-electron chi connectivity index (χ3n) is 7.55. The molecule has 1 aliphatic heterocycles. The van der Waals surface area contributed by atoms with Gasteiger partial charge in [0.25, 0.3) is 0 Å². The van der Waals surface area contributed by atoms with Gasteiger partial charge >= 0.3 is 22.3 Å². The number of hydrogen-bond donors (Lipinski definition) is 3. The number of piperidine rings is 1. The number of fused-ring (bicyclic) bond motifs is 1. The molecule has 1 fully saturated rings. The van der Waals surface area contributed by atoms with Crippen LogP contribution < -0.4 is 15.4 Å². The van der Waals surface area contributed by atoms with Gasteiger partial charge in [-0.2, -0.15) is 17.8 Å². The van der Waals surface area contributed by atoms with Crippen LogP contribution in [-0.4, -0.2) is 59.6 Å². The van der Waals surface area contributed by atoms with Gasteiger partial charge in [-0.3, -0.25) is 5.32 Å². The predicted octanol–water partition coefficient (Wildman–Crippen LogP) is 5.84. The first kappa shape index (κ1) is 31.0. The van der Waals surface area contributed by atoms with Crippen LogP contribution in [0, 0.1) is 0 Å². The fourth-order valence-electron chi connectivity index (χ4n) is 5.13. The van der Waals surface area contributed by atoms with Gasteiger partial charge in [-0.05, 0) is 42.0 Å². The molecule has 0 spiro atoms. The Morgan fingerprint density at radius 2 is 1.61 bits per heavy atom. The van der Waals surface area contributed by atoms with Gasteiger partial charge in [-0.25, -0.2) is 19.0 Å². The Morgan fingerprint density at radius 3 is 2.36 bits per heavy atom. The Morgan fingerprint density at radius 1 is 0.909 bits per heavy atom. The predicted molar refractivity (Wildman–Crippen MR) is 173 cm³/mol. The number of urea groups is 2. The average molecular weight is 618 g/mol. The molecule has 0 aliphatic carbocycles. The first-order valence-electron chi connectivity index (χ1n) is 14.7. The summed E-state index contributed by atoms with van der Waals surface area (Å²) in [7, 11) is -2.36. The monoisotopic (exact) mass is 617 g/mol. The standard InChI is InChI=1S/C32H39N7O4S/c1-32(2,3)28-21-29(34-30(40)33-27-17-11-14-24-13-6-7-16-26(24)27)39(35-28)25-15-10-12-23(20-25)22-37(4)31(41)36-44(42,43)38-18-8-5-9-19-38/h6-7,10-17,20-21H,5,8-9,18-19,22H2,1-4H3,(H,36,41)(H2,33,34,40). The SMILES string of the molecule is CN(Cc1cccc(-n2nc(C(C)(C)C)cc2NC(=O)Nc2cccc3ccccc23)c1)C(=O)NS(=O)(=O)N1CCCCC1. The number of hydrogen-bond acceptors (Lipinski definition) is 5. The molecule has 0 unspecified atom stereocenters. The first-order chi connectivity index (χ1) is 20.9. The molecule has 0 saturated carbocycles. The maximum Gasteiger partial charge on any atom is 0.332 e. The highest BCUT2D eigenvalue weighted by Gasteiger charge is 2.27. The van der Waals surface area contributed by atoms with Crippen LogP contribution in [-0.2, 0) is 22.2 Å². The van der Waals surface area contributed by atoms with Gasteiger partial charge in [0.05, 0.1) is 17.1 Å². The summed E-state index contributed by atoms with van der Waals surface area (Å²) in [5, 5.41) is 12.7. The lowest BCUT2D eigenvalue weighted by Crippen LogP contribution is -2.49. The van der Waals surface area contributed by atoms with E-state index in [1.807, 2.05) is 93.6 Å². The van der Waals surface area contributed by atoms with E-state index in [-0.39, 0.29) is 12.0 Å². The second-order valence-electron chi connectivity index (χ2n) is 12.1. The zero-order chi connectivity index (χ0) is 31.5. The van der Waals surface area contributed by atoms with Crippen LogP contribution in [0.2, 0.25) is 0 Å². The summed E-state index contributed by atoms with van der Waals surface area (Å²) in [4.78, 5) is 27.4. The molecular formula is C32H39N7O4S. The largest absolute Gasteiger partial charge is 0.332 e. The molecule has 0 bridgehead atoms. The number of carbonyl (C=O) groups excluding carboxylic acids is 2. The summed E-state index contributed by atoms with van der Waals surface area (Å²) in [6, 6.07) is 21.7. The van der Waals surface area contributed by atoms with Crippen LogP contribution in [0.4, 0.5) is 21.1 Å². The Bertz CT molecular complexity index is 1770. The summed E-state index contributed by atoms with van der Waals surface area (Å²) in [6.45, 7) is 7.11. The van der Waals surface area contributed by atoms with Gasteiger partial charge in [-0.1, -0.05) is 75.7 Å². The molecule has 5 rings (SSSR count). The third kappa shape index (κ3) is 7.20. The molecule has 3 N–H and O–H groups in total. The van der Waals surface area contributed by atoms with Crippen LogP contribution in [0.1, 0.15) is 51.3 Å². The molecule has 2 heterocycles. The van der Waals surface area contributed by atoms with Gasteiger partial charge in [0.15, 0.2) is 0 Å². The van der Waals surface area contributed by atoms with E-state index in [0.29, 0.717) is 30.3 Å². The number of anilines is 2. The number of rotatable bonds is 7. The number of aromatic nitrogens is 2. The minimum atomic E-state index is -3.90. The lowest BCUT2D eigenvalue weighted by molar-refractivity contribution is 0.211. The molecule has 4 amide bonds. The van der Waals surface area contributed by atoms with Gasteiger partial charge in [-0.15, -0.1) is 0 Å². The van der Waals surface area contributed by atoms with Crippen molar-refractivity contribution in [3.05, 3.63) is 84.1 Å². The van der Waals surface area contributed by atoms with E-state index in [1.165, 1.54) is 9.21 Å². The average Bonchev–Trinajstić information content (AvgIpc) is 3.42. The Hall–Kier alpha value is -4.42. The van der Waals surface area contributed by atoms with Crippen molar-refractivity contribution in [3.63, 3.8) is 0 Å². The summed E-state index contributed by atoms with van der Waals surface area (Å²) in [5.74, 6) is 0.475. The van der Waals surface area contributed by atoms with E-state index in [1.54, 1.807) is 11.7 Å². The fourth-order valence-corrected chi connectivity index (χ4v) is 6.37. The van der Waals surface area contributed by atoms with E-state index in [4.69, 9.17) is 5.10 Å². The summed E-state index contributed by atoms with van der Waals surface area (Å²) in [5.41, 5.74) is 2.61. The second-order valence-corrected chi connectivity index (χ2v) is 13.8. The normalized spacial score (nSPS) is 14.3. The number of amides is 4. The molecule has 44 heavy (non-hydrogen) atoms. The van der Waals surface area contributed by atoms with E-state index in [0.717, 1.165) is 41.3 Å². The maximum atomic E-state index is 13.2. The van der Waals surface area contributed by atoms with Crippen LogP contribution >= 0.6 is 0 Å². The Kier molecular flexibility index (Phi) is 8.93.